The van der Waals surface area contributed by atoms with E-state index in [0.29, 0.717) is 12.2 Å². The number of imidazole rings is 1. The van der Waals surface area contributed by atoms with Crippen molar-refractivity contribution in [2.45, 2.75) is 6.92 Å². The third kappa shape index (κ3) is 3.52. The van der Waals surface area contributed by atoms with Crippen molar-refractivity contribution in [3.8, 4) is 5.82 Å². The van der Waals surface area contributed by atoms with Crippen LogP contribution in [-0.2, 0) is 4.79 Å². The van der Waals surface area contributed by atoms with Gasteiger partial charge in [0, 0.05) is 18.9 Å². The Morgan fingerprint density at radius 1 is 1.45 bits per heavy atom. The Morgan fingerprint density at radius 2 is 2.30 bits per heavy atom. The fourth-order valence-corrected chi connectivity index (χ4v) is 1.72. The molecule has 0 saturated heterocycles. The first-order valence-corrected chi connectivity index (χ1v) is 6.28. The Balaban J connectivity index is 1.97. The molecule has 0 unspecified atom stereocenters. The molecule has 0 spiro atoms. The molecule has 0 aromatic carbocycles. The molecule has 0 saturated carbocycles. The number of pyridine rings is 1. The second kappa shape index (κ2) is 6.63. The van der Waals surface area contributed by atoms with Crippen LogP contribution in [0.2, 0.25) is 0 Å². The van der Waals surface area contributed by atoms with Gasteiger partial charge < -0.3 is 10.6 Å². The molecule has 2 rings (SSSR count). The average molecular weight is 271 g/mol. The van der Waals surface area contributed by atoms with Gasteiger partial charge in [0.05, 0.1) is 18.4 Å². The van der Waals surface area contributed by atoms with Crippen LogP contribution in [0, 0.1) is 6.92 Å². The van der Waals surface area contributed by atoms with E-state index in [9.17, 15) is 4.79 Å². The second-order valence-corrected chi connectivity index (χ2v) is 4.22. The van der Waals surface area contributed by atoms with E-state index in [0.717, 1.165) is 11.6 Å². The molecule has 2 aromatic rings. The lowest BCUT2D eigenvalue weighted by Gasteiger charge is -2.07. The summed E-state index contributed by atoms with van der Waals surface area (Å²) in [6.45, 7) is 6.32. The first-order chi connectivity index (χ1) is 9.70. The molecule has 0 bridgehead atoms. The van der Waals surface area contributed by atoms with E-state index in [4.69, 9.17) is 0 Å². The minimum atomic E-state index is -0.111. The van der Waals surface area contributed by atoms with Crippen molar-refractivity contribution in [3.63, 3.8) is 0 Å². The van der Waals surface area contributed by atoms with E-state index in [-0.39, 0.29) is 12.5 Å². The summed E-state index contributed by atoms with van der Waals surface area (Å²) in [5, 5.41) is 5.70. The third-order valence-electron chi connectivity index (χ3n) is 2.68. The van der Waals surface area contributed by atoms with Gasteiger partial charge in [-0.1, -0.05) is 6.08 Å². The van der Waals surface area contributed by atoms with Gasteiger partial charge in [0.2, 0.25) is 5.91 Å². The minimum Gasteiger partial charge on any atom is -0.324 e. The number of aryl methyl sites for hydroxylation is 1. The van der Waals surface area contributed by atoms with Crippen molar-refractivity contribution >= 4 is 11.6 Å². The lowest BCUT2D eigenvalue weighted by Crippen LogP contribution is -2.28. The molecule has 2 heterocycles. The van der Waals surface area contributed by atoms with Crippen LogP contribution in [0.3, 0.4) is 0 Å². The standard InChI is InChI=1S/C14H17N5O/c1-3-6-15-10-14(20)18-12-4-5-13(17-9-12)19-8-7-16-11(19)2/h3-5,7-9,15H,1,6,10H2,2H3,(H,18,20). The highest BCUT2D eigenvalue weighted by Crippen LogP contribution is 2.11. The van der Waals surface area contributed by atoms with Crippen LogP contribution >= 0.6 is 0 Å². The second-order valence-electron chi connectivity index (χ2n) is 4.22. The Morgan fingerprint density at radius 3 is 2.90 bits per heavy atom. The molecule has 2 N–H and O–H groups in total. The van der Waals surface area contributed by atoms with Gasteiger partial charge in [0.1, 0.15) is 11.6 Å². The van der Waals surface area contributed by atoms with Crippen LogP contribution in [0.15, 0.2) is 43.4 Å². The lowest BCUT2D eigenvalue weighted by atomic mass is 10.4. The Labute approximate surface area is 117 Å². The monoisotopic (exact) mass is 271 g/mol. The maximum atomic E-state index is 11.6. The Hall–Kier alpha value is -2.47. The SMILES string of the molecule is C=CCNCC(=O)Nc1ccc(-n2ccnc2C)nc1. The number of nitrogens with zero attached hydrogens (tertiary/aromatic N) is 3. The van der Waals surface area contributed by atoms with Crippen molar-refractivity contribution in [2.75, 3.05) is 18.4 Å². The van der Waals surface area contributed by atoms with Crippen LogP contribution < -0.4 is 10.6 Å². The van der Waals surface area contributed by atoms with Crippen LogP contribution in [0.25, 0.3) is 5.82 Å². The summed E-state index contributed by atoms with van der Waals surface area (Å²) < 4.78 is 1.87. The minimum absolute atomic E-state index is 0.111. The van der Waals surface area contributed by atoms with Crippen LogP contribution in [0.1, 0.15) is 5.82 Å². The normalized spacial score (nSPS) is 10.2. The van der Waals surface area contributed by atoms with Crippen LogP contribution in [0.4, 0.5) is 5.69 Å². The van der Waals surface area contributed by atoms with Gasteiger partial charge >= 0.3 is 0 Å². The molecule has 6 nitrogen and oxygen atoms in total. The molecule has 2 aromatic heterocycles. The van der Waals surface area contributed by atoms with Gasteiger partial charge in [0.15, 0.2) is 0 Å². The third-order valence-corrected chi connectivity index (χ3v) is 2.68. The fraction of sp³-hybridized carbons (Fsp3) is 0.214. The van der Waals surface area contributed by atoms with E-state index in [2.05, 4.69) is 27.2 Å². The van der Waals surface area contributed by atoms with Crippen LogP contribution in [-0.4, -0.2) is 33.5 Å². The number of carbonyl (C=O) groups is 1. The van der Waals surface area contributed by atoms with Crippen molar-refractivity contribution in [1.29, 1.82) is 0 Å². The van der Waals surface area contributed by atoms with Gasteiger partial charge in [-0.15, -0.1) is 6.58 Å². The molecule has 0 fully saturated rings. The zero-order valence-corrected chi connectivity index (χ0v) is 11.3. The summed E-state index contributed by atoms with van der Waals surface area (Å²) in [4.78, 5) is 20.0. The van der Waals surface area contributed by atoms with Gasteiger partial charge in [0.25, 0.3) is 0 Å². The molecule has 0 radical (unpaired) electrons. The molecule has 0 aliphatic rings. The number of amides is 1. The van der Waals surface area contributed by atoms with E-state index in [1.54, 1.807) is 18.5 Å². The van der Waals surface area contributed by atoms with Gasteiger partial charge in [-0.3, -0.25) is 9.36 Å². The molecule has 0 atom stereocenters. The summed E-state index contributed by atoms with van der Waals surface area (Å²) in [6.07, 6.45) is 6.89. The van der Waals surface area contributed by atoms with Gasteiger partial charge in [-0.2, -0.15) is 0 Å². The van der Waals surface area contributed by atoms with Crippen LogP contribution in [0.5, 0.6) is 0 Å². The zero-order valence-electron chi connectivity index (χ0n) is 11.3. The number of rotatable bonds is 6. The summed E-state index contributed by atoms with van der Waals surface area (Å²) in [5.74, 6) is 1.52. The highest BCUT2D eigenvalue weighted by atomic mass is 16.1. The highest BCUT2D eigenvalue weighted by molar-refractivity contribution is 5.92. The Kier molecular flexibility index (Phi) is 4.62. The predicted octanol–water partition coefficient (Wildman–Crippen LogP) is 1.29. The maximum absolute atomic E-state index is 11.6. The topological polar surface area (TPSA) is 71.8 Å². The molecule has 20 heavy (non-hydrogen) atoms. The molecular formula is C14H17N5O. The number of nitrogens with one attached hydrogen (secondary N) is 2. The largest absolute Gasteiger partial charge is 0.324 e. The fourth-order valence-electron chi connectivity index (χ4n) is 1.72. The molecular weight excluding hydrogens is 254 g/mol. The van der Waals surface area contributed by atoms with E-state index in [1.165, 1.54) is 0 Å². The Bertz CT molecular complexity index is 588. The van der Waals surface area contributed by atoms with Gasteiger partial charge in [-0.05, 0) is 19.1 Å². The lowest BCUT2D eigenvalue weighted by molar-refractivity contribution is -0.115. The van der Waals surface area contributed by atoms with Crippen molar-refractivity contribution in [2.24, 2.45) is 0 Å². The molecule has 1 amide bonds. The summed E-state index contributed by atoms with van der Waals surface area (Å²) in [7, 11) is 0. The van der Waals surface area contributed by atoms with Crippen molar-refractivity contribution in [1.82, 2.24) is 19.9 Å². The van der Waals surface area contributed by atoms with Crippen molar-refractivity contribution < 1.29 is 4.79 Å². The molecule has 0 aliphatic carbocycles. The van der Waals surface area contributed by atoms with Gasteiger partial charge in [-0.25, -0.2) is 9.97 Å². The molecule has 104 valence electrons. The smallest absolute Gasteiger partial charge is 0.238 e. The maximum Gasteiger partial charge on any atom is 0.238 e. The van der Waals surface area contributed by atoms with E-state index >= 15 is 0 Å². The number of carbonyl (C=O) groups excluding carboxylic acids is 1. The number of hydrogen-bond acceptors (Lipinski definition) is 4. The van der Waals surface area contributed by atoms with E-state index < -0.39 is 0 Å². The zero-order chi connectivity index (χ0) is 14.4. The number of anilines is 1. The summed E-state index contributed by atoms with van der Waals surface area (Å²) in [5.41, 5.74) is 0.664. The average Bonchev–Trinajstić information content (AvgIpc) is 2.86. The number of hydrogen-bond donors (Lipinski definition) is 2. The van der Waals surface area contributed by atoms with E-state index in [1.807, 2.05) is 29.8 Å². The molecule has 6 heteroatoms. The first-order valence-electron chi connectivity index (χ1n) is 6.28. The van der Waals surface area contributed by atoms with Crippen molar-refractivity contribution in [3.05, 3.63) is 49.2 Å². The first kappa shape index (κ1) is 14.0. The highest BCUT2D eigenvalue weighted by Gasteiger charge is 2.04. The number of aromatic nitrogens is 3. The quantitative estimate of drug-likeness (QED) is 0.613. The summed E-state index contributed by atoms with van der Waals surface area (Å²) >= 11 is 0. The predicted molar refractivity (Wildman–Crippen MR) is 77.8 cm³/mol. The molecule has 0 aliphatic heterocycles. The summed E-state index contributed by atoms with van der Waals surface area (Å²) in [6, 6.07) is 3.65.